The molecule has 0 spiro atoms. The van der Waals surface area contributed by atoms with E-state index in [0.717, 1.165) is 16.9 Å². The number of amides is 1. The van der Waals surface area contributed by atoms with Crippen molar-refractivity contribution in [1.82, 2.24) is 15.0 Å². The molecule has 0 unspecified atom stereocenters. The summed E-state index contributed by atoms with van der Waals surface area (Å²) >= 11 is 0. The molecule has 3 rings (SSSR count). The van der Waals surface area contributed by atoms with E-state index >= 15 is 0 Å². The number of aromatic nitrogens is 2. The highest BCUT2D eigenvalue weighted by atomic mass is 16.2. The molecule has 5 heteroatoms. The first-order chi connectivity index (χ1) is 11.2. The van der Waals surface area contributed by atoms with Crippen LogP contribution in [0.2, 0.25) is 0 Å². The molecular weight excluding hydrogens is 288 g/mol. The number of nitrogens with zero attached hydrogens (tertiary/aromatic N) is 3. The Hall–Kier alpha value is -3.21. The van der Waals surface area contributed by atoms with Crippen LogP contribution in [0, 0.1) is 6.92 Å². The summed E-state index contributed by atoms with van der Waals surface area (Å²) in [5.74, 6) is -0.261. The third-order valence-corrected chi connectivity index (χ3v) is 3.39. The fraction of sp³-hybridized carbons (Fsp3) is 0.0556. The normalized spacial score (nSPS) is 10.8. The van der Waals surface area contributed by atoms with E-state index in [1.54, 1.807) is 30.7 Å². The number of hydrazone groups is 1. The van der Waals surface area contributed by atoms with Crippen LogP contribution in [0.3, 0.4) is 0 Å². The second-order valence-corrected chi connectivity index (χ2v) is 5.06. The van der Waals surface area contributed by atoms with Crippen LogP contribution in [-0.4, -0.2) is 21.7 Å². The van der Waals surface area contributed by atoms with Crippen LogP contribution in [0.15, 0.2) is 72.2 Å². The van der Waals surface area contributed by atoms with E-state index in [2.05, 4.69) is 20.1 Å². The maximum absolute atomic E-state index is 11.9. The quantitative estimate of drug-likeness (QED) is 0.595. The Labute approximate surface area is 134 Å². The lowest BCUT2D eigenvalue weighted by atomic mass is 10.3. The highest BCUT2D eigenvalue weighted by Crippen LogP contribution is 2.13. The molecule has 0 saturated heterocycles. The van der Waals surface area contributed by atoms with E-state index in [0.29, 0.717) is 5.56 Å². The summed E-state index contributed by atoms with van der Waals surface area (Å²) < 4.78 is 2.08. The third-order valence-electron chi connectivity index (χ3n) is 3.39. The average molecular weight is 304 g/mol. The SMILES string of the molecule is Cc1cc(/C=N\NC(=O)c2ccncc2)cn1-c1ccccc1. The number of hydrogen-bond acceptors (Lipinski definition) is 3. The molecule has 2 aromatic heterocycles. The van der Waals surface area contributed by atoms with Gasteiger partial charge in [0.15, 0.2) is 0 Å². The van der Waals surface area contributed by atoms with Gasteiger partial charge in [0.05, 0.1) is 6.21 Å². The maximum Gasteiger partial charge on any atom is 0.271 e. The molecule has 0 fully saturated rings. The Morgan fingerprint density at radius 1 is 1.17 bits per heavy atom. The molecule has 114 valence electrons. The van der Waals surface area contributed by atoms with Gasteiger partial charge in [0.2, 0.25) is 0 Å². The van der Waals surface area contributed by atoms with Crippen molar-refractivity contribution in [2.24, 2.45) is 5.10 Å². The predicted octanol–water partition coefficient (Wildman–Crippen LogP) is 2.94. The van der Waals surface area contributed by atoms with Gasteiger partial charge in [-0.2, -0.15) is 5.10 Å². The lowest BCUT2D eigenvalue weighted by Crippen LogP contribution is -2.17. The molecular formula is C18H16N4O. The standard InChI is InChI=1S/C18H16N4O/c1-14-11-15(13-22(14)17-5-3-2-4-6-17)12-20-21-18(23)16-7-9-19-10-8-16/h2-13H,1H3,(H,21,23)/b20-12-. The van der Waals surface area contributed by atoms with Crippen LogP contribution < -0.4 is 5.43 Å². The highest BCUT2D eigenvalue weighted by Gasteiger charge is 2.04. The van der Waals surface area contributed by atoms with Gasteiger partial charge in [-0.3, -0.25) is 9.78 Å². The average Bonchev–Trinajstić information content (AvgIpc) is 2.97. The van der Waals surface area contributed by atoms with Crippen molar-refractivity contribution in [3.8, 4) is 5.69 Å². The van der Waals surface area contributed by atoms with E-state index in [9.17, 15) is 4.79 Å². The minimum Gasteiger partial charge on any atom is -0.321 e. The van der Waals surface area contributed by atoms with E-state index in [1.165, 1.54) is 0 Å². The van der Waals surface area contributed by atoms with Crippen LogP contribution in [0.25, 0.3) is 5.69 Å². The third kappa shape index (κ3) is 3.52. The minimum absolute atomic E-state index is 0.261. The summed E-state index contributed by atoms with van der Waals surface area (Å²) in [4.78, 5) is 15.7. The molecule has 1 aromatic carbocycles. The molecule has 0 bridgehead atoms. The minimum atomic E-state index is -0.261. The number of benzene rings is 1. The smallest absolute Gasteiger partial charge is 0.271 e. The second-order valence-electron chi connectivity index (χ2n) is 5.06. The first kappa shape index (κ1) is 14.7. The second kappa shape index (κ2) is 6.70. The molecule has 3 aromatic rings. The number of aryl methyl sites for hydroxylation is 1. The number of para-hydroxylation sites is 1. The van der Waals surface area contributed by atoms with Gasteiger partial charge in [-0.05, 0) is 37.3 Å². The van der Waals surface area contributed by atoms with Gasteiger partial charge in [-0.25, -0.2) is 5.43 Å². The van der Waals surface area contributed by atoms with Gasteiger partial charge >= 0.3 is 0 Å². The largest absolute Gasteiger partial charge is 0.321 e. The first-order valence-electron chi connectivity index (χ1n) is 7.22. The molecule has 1 N–H and O–H groups in total. The van der Waals surface area contributed by atoms with E-state index in [1.807, 2.05) is 49.5 Å². The number of rotatable bonds is 4. The van der Waals surface area contributed by atoms with Gasteiger partial charge < -0.3 is 4.57 Å². The summed E-state index contributed by atoms with van der Waals surface area (Å²) in [6, 6.07) is 15.4. The molecule has 0 aliphatic rings. The Balaban J connectivity index is 1.70. The first-order valence-corrected chi connectivity index (χ1v) is 7.22. The Kier molecular flexibility index (Phi) is 4.29. The Bertz CT molecular complexity index is 823. The predicted molar refractivity (Wildman–Crippen MR) is 89.8 cm³/mol. The molecule has 0 saturated carbocycles. The molecule has 0 aliphatic heterocycles. The van der Waals surface area contributed by atoms with Crippen molar-refractivity contribution < 1.29 is 4.79 Å². The van der Waals surface area contributed by atoms with Crippen molar-refractivity contribution >= 4 is 12.1 Å². The number of pyridine rings is 1. The van der Waals surface area contributed by atoms with Gasteiger partial charge in [0.25, 0.3) is 5.91 Å². The van der Waals surface area contributed by atoms with Gasteiger partial charge in [-0.1, -0.05) is 18.2 Å². The zero-order valence-electron chi connectivity index (χ0n) is 12.7. The number of carbonyl (C=O) groups excluding carboxylic acids is 1. The maximum atomic E-state index is 11.9. The summed E-state index contributed by atoms with van der Waals surface area (Å²) in [5, 5.41) is 4.01. The fourth-order valence-corrected chi connectivity index (χ4v) is 2.27. The van der Waals surface area contributed by atoms with Crippen LogP contribution in [0.4, 0.5) is 0 Å². The molecule has 0 radical (unpaired) electrons. The van der Waals surface area contributed by atoms with Crippen molar-refractivity contribution in [2.45, 2.75) is 6.92 Å². The number of hydrogen-bond donors (Lipinski definition) is 1. The highest BCUT2D eigenvalue weighted by molar-refractivity contribution is 5.94. The van der Waals surface area contributed by atoms with Crippen LogP contribution in [-0.2, 0) is 0 Å². The molecule has 23 heavy (non-hydrogen) atoms. The molecule has 5 nitrogen and oxygen atoms in total. The zero-order valence-corrected chi connectivity index (χ0v) is 12.7. The number of nitrogens with one attached hydrogen (secondary N) is 1. The van der Waals surface area contributed by atoms with Gasteiger partial charge in [0, 0.05) is 41.1 Å². The van der Waals surface area contributed by atoms with Gasteiger partial charge in [0.1, 0.15) is 0 Å². The molecule has 1 amide bonds. The summed E-state index contributed by atoms with van der Waals surface area (Å²) in [7, 11) is 0. The lowest BCUT2D eigenvalue weighted by molar-refractivity contribution is 0.0955. The summed E-state index contributed by atoms with van der Waals surface area (Å²) in [5.41, 5.74) is 6.13. The van der Waals surface area contributed by atoms with Crippen molar-refractivity contribution in [2.75, 3.05) is 0 Å². The Morgan fingerprint density at radius 2 is 1.91 bits per heavy atom. The molecule has 0 aliphatic carbocycles. The van der Waals surface area contributed by atoms with Crippen LogP contribution in [0.5, 0.6) is 0 Å². The monoisotopic (exact) mass is 304 g/mol. The van der Waals surface area contributed by atoms with Crippen LogP contribution in [0.1, 0.15) is 21.6 Å². The summed E-state index contributed by atoms with van der Waals surface area (Å²) in [6.07, 6.45) is 6.75. The zero-order chi connectivity index (χ0) is 16.1. The van der Waals surface area contributed by atoms with Crippen molar-refractivity contribution in [3.05, 3.63) is 83.9 Å². The fourth-order valence-electron chi connectivity index (χ4n) is 2.27. The van der Waals surface area contributed by atoms with Crippen molar-refractivity contribution in [1.29, 1.82) is 0 Å². The van der Waals surface area contributed by atoms with E-state index in [4.69, 9.17) is 0 Å². The van der Waals surface area contributed by atoms with Gasteiger partial charge in [-0.15, -0.1) is 0 Å². The van der Waals surface area contributed by atoms with Crippen LogP contribution >= 0.6 is 0 Å². The topological polar surface area (TPSA) is 59.3 Å². The number of carbonyl (C=O) groups is 1. The van der Waals surface area contributed by atoms with E-state index < -0.39 is 0 Å². The molecule has 2 heterocycles. The van der Waals surface area contributed by atoms with E-state index in [-0.39, 0.29) is 5.91 Å². The lowest BCUT2D eigenvalue weighted by Gasteiger charge is -2.04. The molecule has 0 atom stereocenters. The summed E-state index contributed by atoms with van der Waals surface area (Å²) in [6.45, 7) is 2.03. The Morgan fingerprint density at radius 3 is 2.65 bits per heavy atom. The van der Waals surface area contributed by atoms with Crippen molar-refractivity contribution in [3.63, 3.8) is 0 Å².